The van der Waals surface area contributed by atoms with Gasteiger partial charge in [0.2, 0.25) is 0 Å². The molecule has 0 bridgehead atoms. The maximum atomic E-state index is 13.8. The van der Waals surface area contributed by atoms with Gasteiger partial charge in [-0.15, -0.1) is 5.10 Å². The monoisotopic (exact) mass is 397 g/mol. The molecule has 1 saturated carbocycles. The molecule has 152 valence electrons. The molecule has 0 aliphatic heterocycles. The number of carbonyl (C=O) groups excluding carboxylic acids is 1. The van der Waals surface area contributed by atoms with Gasteiger partial charge >= 0.3 is 0 Å². The van der Waals surface area contributed by atoms with Gasteiger partial charge in [0.05, 0.1) is 23.8 Å². The van der Waals surface area contributed by atoms with E-state index in [9.17, 15) is 9.18 Å². The van der Waals surface area contributed by atoms with Gasteiger partial charge in [0.25, 0.3) is 5.91 Å². The summed E-state index contributed by atoms with van der Waals surface area (Å²) in [7, 11) is 1.79. The van der Waals surface area contributed by atoms with Gasteiger partial charge in [0.15, 0.2) is 17.2 Å². The van der Waals surface area contributed by atoms with Crippen molar-refractivity contribution in [2.45, 2.75) is 38.6 Å². The van der Waals surface area contributed by atoms with Crippen LogP contribution in [0.2, 0.25) is 0 Å². The number of imidazole rings is 1. The number of nitrogens with one attached hydrogen (secondary N) is 3. The number of hydrogen-bond acceptors (Lipinski definition) is 6. The summed E-state index contributed by atoms with van der Waals surface area (Å²) in [4.78, 5) is 20.7. The summed E-state index contributed by atoms with van der Waals surface area (Å²) in [6.07, 6.45) is 8.46. The molecular formula is C20H24FN7O. The standard InChI is InChI=1S/C20H24FN7O/c1-12-3-5-13(6-4-12)25-18-9-16(22-2)19-24-11-17(28(19)27-18)20(29)26-15-7-8-23-10-14(15)21/h7-13,22H,3-6H2,1-2H3,(H,25,27)(H,23,26,29). The normalized spacial score (nSPS) is 19.1. The molecule has 3 heterocycles. The molecule has 1 aliphatic carbocycles. The lowest BCUT2D eigenvalue weighted by Crippen LogP contribution is -2.26. The number of hydrogen-bond donors (Lipinski definition) is 3. The molecule has 3 N–H and O–H groups in total. The van der Waals surface area contributed by atoms with Gasteiger partial charge in [-0.1, -0.05) is 6.92 Å². The van der Waals surface area contributed by atoms with Crippen LogP contribution in [0.4, 0.5) is 21.6 Å². The molecule has 1 aliphatic rings. The summed E-state index contributed by atoms with van der Waals surface area (Å²) in [6, 6.07) is 3.65. The third-order valence-electron chi connectivity index (χ3n) is 5.36. The molecule has 0 unspecified atom stereocenters. The smallest absolute Gasteiger partial charge is 0.276 e. The molecular weight excluding hydrogens is 373 g/mol. The van der Waals surface area contributed by atoms with E-state index in [0.717, 1.165) is 30.6 Å². The van der Waals surface area contributed by atoms with Gasteiger partial charge in [-0.3, -0.25) is 9.78 Å². The van der Waals surface area contributed by atoms with E-state index in [0.29, 0.717) is 17.5 Å². The Hall–Kier alpha value is -3.23. The van der Waals surface area contributed by atoms with Gasteiger partial charge in [0.1, 0.15) is 5.82 Å². The van der Waals surface area contributed by atoms with Crippen molar-refractivity contribution in [1.82, 2.24) is 19.6 Å². The third-order valence-corrected chi connectivity index (χ3v) is 5.36. The van der Waals surface area contributed by atoms with Crippen LogP contribution >= 0.6 is 0 Å². The van der Waals surface area contributed by atoms with Crippen molar-refractivity contribution in [3.8, 4) is 0 Å². The highest BCUT2D eigenvalue weighted by Crippen LogP contribution is 2.27. The van der Waals surface area contributed by atoms with Gasteiger partial charge in [-0.2, -0.15) is 0 Å². The maximum Gasteiger partial charge on any atom is 0.276 e. The SMILES string of the molecule is CNc1cc(NC2CCC(C)CC2)nn2c(C(=O)Nc3ccncc3F)cnc12. The van der Waals surface area contributed by atoms with Crippen LogP contribution in [-0.4, -0.2) is 38.6 Å². The van der Waals surface area contributed by atoms with E-state index < -0.39 is 11.7 Å². The Morgan fingerprint density at radius 2 is 2.00 bits per heavy atom. The summed E-state index contributed by atoms with van der Waals surface area (Å²) in [5.74, 6) is 0.325. The van der Waals surface area contributed by atoms with Crippen molar-refractivity contribution in [2.75, 3.05) is 23.0 Å². The molecule has 3 aromatic heterocycles. The van der Waals surface area contributed by atoms with Gasteiger partial charge < -0.3 is 16.0 Å². The highest BCUT2D eigenvalue weighted by molar-refractivity contribution is 6.03. The Labute approximate surface area is 167 Å². The Balaban J connectivity index is 1.63. The highest BCUT2D eigenvalue weighted by Gasteiger charge is 2.21. The summed E-state index contributed by atoms with van der Waals surface area (Å²) in [5.41, 5.74) is 1.55. The zero-order valence-corrected chi connectivity index (χ0v) is 16.4. The topological polar surface area (TPSA) is 96.2 Å². The first-order chi connectivity index (χ1) is 14.0. The Kier molecular flexibility index (Phi) is 5.28. The predicted molar refractivity (Wildman–Crippen MR) is 110 cm³/mol. The van der Waals surface area contributed by atoms with Crippen molar-refractivity contribution >= 4 is 28.7 Å². The molecule has 4 rings (SSSR count). The Morgan fingerprint density at radius 3 is 2.72 bits per heavy atom. The fourth-order valence-electron chi connectivity index (χ4n) is 3.65. The van der Waals surface area contributed by atoms with Crippen LogP contribution < -0.4 is 16.0 Å². The predicted octanol–water partition coefficient (Wildman–Crippen LogP) is 3.55. The van der Waals surface area contributed by atoms with Crippen LogP contribution in [0.1, 0.15) is 43.1 Å². The molecule has 0 spiro atoms. The molecule has 0 atom stereocenters. The minimum absolute atomic E-state index is 0.0550. The van der Waals surface area contributed by atoms with Crippen LogP contribution in [0.5, 0.6) is 0 Å². The summed E-state index contributed by atoms with van der Waals surface area (Å²) < 4.78 is 15.3. The number of nitrogens with zero attached hydrogens (tertiary/aromatic N) is 4. The van der Waals surface area contributed by atoms with Crippen molar-refractivity contribution in [2.24, 2.45) is 5.92 Å². The average molecular weight is 397 g/mol. The largest absolute Gasteiger partial charge is 0.385 e. The lowest BCUT2D eigenvalue weighted by atomic mass is 9.87. The number of pyridine rings is 1. The summed E-state index contributed by atoms with van der Waals surface area (Å²) in [5, 5.41) is 13.7. The molecule has 9 heteroatoms. The first-order valence-corrected chi connectivity index (χ1v) is 9.79. The van der Waals surface area contributed by atoms with Crippen molar-refractivity contribution < 1.29 is 9.18 Å². The summed E-state index contributed by atoms with van der Waals surface area (Å²) in [6.45, 7) is 2.28. The van der Waals surface area contributed by atoms with E-state index >= 15 is 0 Å². The lowest BCUT2D eigenvalue weighted by molar-refractivity contribution is 0.102. The van der Waals surface area contributed by atoms with E-state index in [2.05, 4.69) is 37.9 Å². The molecule has 0 saturated heterocycles. The maximum absolute atomic E-state index is 13.8. The van der Waals surface area contributed by atoms with Gasteiger partial charge in [0, 0.05) is 25.4 Å². The number of anilines is 3. The number of rotatable bonds is 5. The molecule has 3 aromatic rings. The first kappa shape index (κ1) is 19.1. The van der Waals surface area contributed by atoms with Gasteiger partial charge in [-0.25, -0.2) is 13.9 Å². The number of halogens is 1. The van der Waals surface area contributed by atoms with Gasteiger partial charge in [-0.05, 0) is 37.7 Å². The molecule has 29 heavy (non-hydrogen) atoms. The van der Waals surface area contributed by atoms with Crippen LogP contribution in [0.3, 0.4) is 0 Å². The molecule has 8 nitrogen and oxygen atoms in total. The van der Waals surface area contributed by atoms with E-state index in [1.165, 1.54) is 35.8 Å². The van der Waals surface area contributed by atoms with E-state index in [1.54, 1.807) is 7.05 Å². The Morgan fingerprint density at radius 1 is 1.21 bits per heavy atom. The molecule has 0 radical (unpaired) electrons. The van der Waals surface area contributed by atoms with Crippen LogP contribution in [-0.2, 0) is 0 Å². The fourth-order valence-corrected chi connectivity index (χ4v) is 3.65. The minimum Gasteiger partial charge on any atom is -0.385 e. The number of fused-ring (bicyclic) bond motifs is 1. The molecule has 1 amide bonds. The second-order valence-electron chi connectivity index (χ2n) is 7.48. The quantitative estimate of drug-likeness (QED) is 0.609. The molecule has 0 aromatic carbocycles. The third kappa shape index (κ3) is 3.98. The minimum atomic E-state index is -0.604. The zero-order chi connectivity index (χ0) is 20.4. The number of amides is 1. The number of carbonyl (C=O) groups is 1. The number of aromatic nitrogens is 4. The fraction of sp³-hybridized carbons (Fsp3) is 0.400. The first-order valence-electron chi connectivity index (χ1n) is 9.79. The van der Waals surface area contributed by atoms with Crippen molar-refractivity contribution in [3.05, 3.63) is 42.2 Å². The highest BCUT2D eigenvalue weighted by atomic mass is 19.1. The van der Waals surface area contributed by atoms with E-state index in [4.69, 9.17) is 0 Å². The second kappa shape index (κ2) is 8.02. The van der Waals surface area contributed by atoms with Crippen molar-refractivity contribution in [1.29, 1.82) is 0 Å². The van der Waals surface area contributed by atoms with Crippen molar-refractivity contribution in [3.63, 3.8) is 0 Å². The lowest BCUT2D eigenvalue weighted by Gasteiger charge is -2.27. The zero-order valence-electron chi connectivity index (χ0n) is 16.4. The van der Waals surface area contributed by atoms with E-state index in [1.807, 2.05) is 6.07 Å². The van der Waals surface area contributed by atoms with Crippen LogP contribution in [0.15, 0.2) is 30.7 Å². The second-order valence-corrected chi connectivity index (χ2v) is 7.48. The van der Waals surface area contributed by atoms with Crippen LogP contribution in [0.25, 0.3) is 5.65 Å². The summed E-state index contributed by atoms with van der Waals surface area (Å²) >= 11 is 0. The molecule has 1 fully saturated rings. The van der Waals surface area contributed by atoms with Crippen LogP contribution in [0, 0.1) is 11.7 Å². The van der Waals surface area contributed by atoms with E-state index in [-0.39, 0.29) is 11.4 Å². The Bertz CT molecular complexity index is 1030. The average Bonchev–Trinajstić information content (AvgIpc) is 3.15.